The van der Waals surface area contributed by atoms with E-state index in [9.17, 15) is 21.6 Å². The minimum atomic E-state index is -4.72. The van der Waals surface area contributed by atoms with Gasteiger partial charge in [0.25, 0.3) is 10.1 Å². The topological polar surface area (TPSA) is 54.4 Å². The Morgan fingerprint density at radius 1 is 1.31 bits per heavy atom. The van der Waals surface area contributed by atoms with Crippen LogP contribution < -0.4 is 0 Å². The second-order valence-corrected chi connectivity index (χ2v) is 4.85. The fourth-order valence-electron chi connectivity index (χ4n) is 1.15. The zero-order valence-corrected chi connectivity index (χ0v) is 9.20. The van der Waals surface area contributed by atoms with Gasteiger partial charge in [-0.05, 0) is 12.1 Å². The van der Waals surface area contributed by atoms with Gasteiger partial charge >= 0.3 is 6.18 Å². The van der Waals surface area contributed by atoms with Gasteiger partial charge in [0, 0.05) is 10.6 Å². The standard InChI is InChI=1S/C8H6ClF3O3S/c9-7-3-1-2-6(8(10,11)12)5(7)4-16(13,14)15/h1-3H,4H2,(H,13,14,15). The van der Waals surface area contributed by atoms with E-state index >= 15 is 0 Å². The van der Waals surface area contributed by atoms with Crippen molar-refractivity contribution >= 4 is 21.7 Å². The van der Waals surface area contributed by atoms with E-state index in [0.717, 1.165) is 12.1 Å². The Kier molecular flexibility index (Phi) is 3.51. The molecule has 0 amide bonds. The molecule has 0 saturated heterocycles. The number of hydrogen-bond acceptors (Lipinski definition) is 2. The maximum Gasteiger partial charge on any atom is 0.416 e. The summed E-state index contributed by atoms with van der Waals surface area (Å²) in [6.45, 7) is 0. The highest BCUT2D eigenvalue weighted by atomic mass is 35.5. The van der Waals surface area contributed by atoms with Crippen LogP contribution in [0.25, 0.3) is 0 Å². The molecule has 0 heterocycles. The average molecular weight is 275 g/mol. The first-order chi connectivity index (χ1) is 7.11. The van der Waals surface area contributed by atoms with E-state index in [1.54, 1.807) is 0 Å². The summed E-state index contributed by atoms with van der Waals surface area (Å²) < 4.78 is 67.1. The van der Waals surface area contributed by atoms with Crippen LogP contribution >= 0.6 is 11.6 Å². The Balaban J connectivity index is 3.36. The van der Waals surface area contributed by atoms with Gasteiger partial charge in [-0.2, -0.15) is 21.6 Å². The minimum Gasteiger partial charge on any atom is -0.285 e. The molecule has 3 nitrogen and oxygen atoms in total. The number of benzene rings is 1. The highest BCUT2D eigenvalue weighted by Gasteiger charge is 2.35. The molecule has 0 spiro atoms. The third-order valence-corrected chi connectivity index (χ3v) is 2.76. The van der Waals surface area contributed by atoms with E-state index in [-0.39, 0.29) is 5.02 Å². The highest BCUT2D eigenvalue weighted by Crippen LogP contribution is 2.35. The van der Waals surface area contributed by atoms with Crippen LogP contribution in [0.4, 0.5) is 13.2 Å². The largest absolute Gasteiger partial charge is 0.416 e. The lowest BCUT2D eigenvalue weighted by Gasteiger charge is -2.12. The molecule has 1 aromatic carbocycles. The molecule has 0 aliphatic carbocycles. The van der Waals surface area contributed by atoms with Crippen LogP contribution in [0.5, 0.6) is 0 Å². The Labute approximate surface area is 94.6 Å². The molecular formula is C8H6ClF3O3S. The third kappa shape index (κ3) is 3.36. The summed E-state index contributed by atoms with van der Waals surface area (Å²) in [5.41, 5.74) is -1.82. The number of rotatable bonds is 2. The fourth-order valence-corrected chi connectivity index (χ4v) is 2.15. The molecule has 16 heavy (non-hydrogen) atoms. The molecular weight excluding hydrogens is 269 g/mol. The Bertz CT molecular complexity index is 496. The number of hydrogen-bond donors (Lipinski definition) is 1. The van der Waals surface area contributed by atoms with Crippen LogP contribution in [0.3, 0.4) is 0 Å². The summed E-state index contributed by atoms with van der Waals surface area (Å²) in [5.74, 6) is -1.17. The first kappa shape index (κ1) is 13.3. The average Bonchev–Trinajstić information content (AvgIpc) is 2.04. The van der Waals surface area contributed by atoms with Crippen LogP contribution in [0.2, 0.25) is 5.02 Å². The molecule has 0 bridgehead atoms. The molecule has 1 aromatic rings. The zero-order valence-electron chi connectivity index (χ0n) is 7.62. The minimum absolute atomic E-state index is 0.354. The first-order valence-corrected chi connectivity index (χ1v) is 5.90. The quantitative estimate of drug-likeness (QED) is 0.844. The van der Waals surface area contributed by atoms with Crippen LogP contribution in [0.1, 0.15) is 11.1 Å². The van der Waals surface area contributed by atoms with Gasteiger partial charge in [-0.3, -0.25) is 4.55 Å². The highest BCUT2D eigenvalue weighted by molar-refractivity contribution is 7.85. The van der Waals surface area contributed by atoms with Gasteiger partial charge in [0.05, 0.1) is 5.56 Å². The molecule has 0 aliphatic heterocycles. The van der Waals surface area contributed by atoms with Crippen molar-refractivity contribution in [3.8, 4) is 0 Å². The van der Waals surface area contributed by atoms with Gasteiger partial charge in [0.2, 0.25) is 0 Å². The van der Waals surface area contributed by atoms with Gasteiger partial charge in [0.1, 0.15) is 5.75 Å². The normalized spacial score (nSPS) is 12.8. The van der Waals surface area contributed by atoms with Gasteiger partial charge in [-0.1, -0.05) is 17.7 Å². The van der Waals surface area contributed by atoms with E-state index in [1.165, 1.54) is 0 Å². The molecule has 0 radical (unpaired) electrons. The Hall–Kier alpha value is -0.790. The molecule has 90 valence electrons. The molecule has 1 N–H and O–H groups in total. The monoisotopic (exact) mass is 274 g/mol. The Morgan fingerprint density at radius 2 is 1.88 bits per heavy atom. The third-order valence-electron chi connectivity index (χ3n) is 1.75. The van der Waals surface area contributed by atoms with Crippen LogP contribution in [0.15, 0.2) is 18.2 Å². The van der Waals surface area contributed by atoms with Crippen molar-refractivity contribution in [1.82, 2.24) is 0 Å². The molecule has 8 heteroatoms. The summed E-state index contributed by atoms with van der Waals surface area (Å²) in [7, 11) is -4.57. The van der Waals surface area contributed by atoms with Crippen LogP contribution in [-0.2, 0) is 22.0 Å². The predicted molar refractivity (Wildman–Crippen MR) is 51.7 cm³/mol. The van der Waals surface area contributed by atoms with Gasteiger partial charge in [-0.15, -0.1) is 0 Å². The summed E-state index contributed by atoms with van der Waals surface area (Å²) >= 11 is 5.47. The molecule has 0 aromatic heterocycles. The molecule has 0 saturated carbocycles. The van der Waals surface area contributed by atoms with E-state index < -0.39 is 33.2 Å². The SMILES string of the molecule is O=S(=O)(O)Cc1c(Cl)cccc1C(F)(F)F. The number of alkyl halides is 3. The summed E-state index contributed by atoms with van der Waals surface area (Å²) in [4.78, 5) is 0. The van der Waals surface area contributed by atoms with Gasteiger partial charge in [0.15, 0.2) is 0 Å². The molecule has 0 atom stereocenters. The molecule has 0 fully saturated rings. The Morgan fingerprint density at radius 3 is 2.31 bits per heavy atom. The van der Waals surface area contributed by atoms with Crippen molar-refractivity contribution in [3.05, 3.63) is 34.3 Å². The second-order valence-electron chi connectivity index (χ2n) is 2.99. The van der Waals surface area contributed by atoms with E-state index in [0.29, 0.717) is 6.07 Å². The second kappa shape index (κ2) is 4.23. The maximum atomic E-state index is 12.5. The van der Waals surface area contributed by atoms with Crippen molar-refractivity contribution in [2.45, 2.75) is 11.9 Å². The maximum absolute atomic E-state index is 12.5. The zero-order chi connectivity index (χ0) is 12.6. The van der Waals surface area contributed by atoms with Gasteiger partial charge < -0.3 is 0 Å². The lowest BCUT2D eigenvalue weighted by molar-refractivity contribution is -0.138. The molecule has 1 rings (SSSR count). The van der Waals surface area contributed by atoms with Crippen molar-refractivity contribution in [1.29, 1.82) is 0 Å². The number of halogens is 4. The molecule has 0 unspecified atom stereocenters. The lowest BCUT2D eigenvalue weighted by Crippen LogP contribution is -2.12. The first-order valence-electron chi connectivity index (χ1n) is 3.91. The predicted octanol–water partition coefficient (Wildman–Crippen LogP) is 2.75. The molecule has 0 aliphatic rings. The van der Waals surface area contributed by atoms with E-state index in [2.05, 4.69) is 0 Å². The van der Waals surface area contributed by atoms with Crippen molar-refractivity contribution in [3.63, 3.8) is 0 Å². The van der Waals surface area contributed by atoms with E-state index in [4.69, 9.17) is 16.2 Å². The van der Waals surface area contributed by atoms with Gasteiger partial charge in [-0.25, -0.2) is 0 Å². The smallest absolute Gasteiger partial charge is 0.285 e. The van der Waals surface area contributed by atoms with E-state index in [1.807, 2.05) is 0 Å². The summed E-state index contributed by atoms with van der Waals surface area (Å²) in [6, 6.07) is 2.88. The van der Waals surface area contributed by atoms with Crippen LogP contribution in [0, 0.1) is 0 Å². The van der Waals surface area contributed by atoms with Crippen molar-refractivity contribution in [2.75, 3.05) is 0 Å². The lowest BCUT2D eigenvalue weighted by atomic mass is 10.1. The van der Waals surface area contributed by atoms with Crippen LogP contribution in [-0.4, -0.2) is 13.0 Å². The summed E-state index contributed by atoms with van der Waals surface area (Å²) in [6.07, 6.45) is -4.72. The van der Waals surface area contributed by atoms with Crippen molar-refractivity contribution in [2.24, 2.45) is 0 Å². The van der Waals surface area contributed by atoms with Crippen molar-refractivity contribution < 1.29 is 26.1 Å². The summed E-state index contributed by atoms with van der Waals surface area (Å²) in [5, 5.41) is -0.354. The fraction of sp³-hybridized carbons (Fsp3) is 0.250.